The third-order valence-corrected chi connectivity index (χ3v) is 6.82. The van der Waals surface area contributed by atoms with E-state index in [1.807, 2.05) is 72.8 Å². The molecule has 0 aliphatic carbocycles. The minimum atomic E-state index is -0.511. The lowest BCUT2D eigenvalue weighted by molar-refractivity contribution is -0.384. The number of nitro benzene ring substituents is 1. The van der Waals surface area contributed by atoms with E-state index >= 15 is 0 Å². The molecule has 212 valence electrons. The van der Waals surface area contributed by atoms with Gasteiger partial charge >= 0.3 is 6.03 Å². The molecule has 10 heteroatoms. The summed E-state index contributed by atoms with van der Waals surface area (Å²) in [6, 6.07) is 32.8. The zero-order chi connectivity index (χ0) is 29.6. The lowest BCUT2D eigenvalue weighted by Gasteiger charge is -2.10. The van der Waals surface area contributed by atoms with Gasteiger partial charge in [0.2, 0.25) is 5.71 Å². The zero-order valence-electron chi connectivity index (χ0n) is 22.9. The third kappa shape index (κ3) is 6.18. The molecule has 0 saturated heterocycles. The van der Waals surface area contributed by atoms with Crippen LogP contribution in [0, 0.1) is 10.1 Å². The van der Waals surface area contributed by atoms with E-state index in [0.29, 0.717) is 35.9 Å². The van der Waals surface area contributed by atoms with E-state index in [1.54, 1.807) is 18.2 Å². The van der Waals surface area contributed by atoms with Gasteiger partial charge in [-0.25, -0.2) is 14.8 Å². The van der Waals surface area contributed by atoms with Gasteiger partial charge in [0.05, 0.1) is 10.3 Å². The molecule has 6 rings (SSSR count). The van der Waals surface area contributed by atoms with Crippen molar-refractivity contribution in [3.8, 4) is 22.5 Å². The Morgan fingerprint density at radius 1 is 0.791 bits per heavy atom. The molecule has 0 atom stereocenters. The fourth-order valence-corrected chi connectivity index (χ4v) is 4.81. The normalized spacial score (nSPS) is 10.8. The number of non-ortho nitro benzene ring substituents is 1. The van der Waals surface area contributed by atoms with Gasteiger partial charge in [-0.05, 0) is 35.7 Å². The van der Waals surface area contributed by atoms with Crippen LogP contribution in [0.2, 0.25) is 0 Å². The molecule has 2 aromatic heterocycles. The van der Waals surface area contributed by atoms with Crippen molar-refractivity contribution >= 4 is 40.0 Å². The highest BCUT2D eigenvalue weighted by Crippen LogP contribution is 2.42. The van der Waals surface area contributed by atoms with E-state index in [2.05, 4.69) is 25.9 Å². The first-order valence-corrected chi connectivity index (χ1v) is 13.6. The number of furan rings is 1. The number of hydrogen-bond donors (Lipinski definition) is 3. The van der Waals surface area contributed by atoms with Crippen molar-refractivity contribution in [2.24, 2.45) is 0 Å². The number of carbonyl (C=O) groups is 1. The van der Waals surface area contributed by atoms with E-state index < -0.39 is 11.0 Å². The molecule has 2 amide bonds. The summed E-state index contributed by atoms with van der Waals surface area (Å²) in [7, 11) is 0. The Morgan fingerprint density at radius 3 is 2.21 bits per heavy atom. The number of nitro groups is 1. The molecule has 2 heterocycles. The summed E-state index contributed by atoms with van der Waals surface area (Å²) in [5.74, 6) is 1.42. The number of aromatic nitrogens is 2. The van der Waals surface area contributed by atoms with Gasteiger partial charge in [-0.2, -0.15) is 0 Å². The van der Waals surface area contributed by atoms with E-state index in [0.717, 1.165) is 33.4 Å². The second-order valence-corrected chi connectivity index (χ2v) is 9.70. The summed E-state index contributed by atoms with van der Waals surface area (Å²) >= 11 is 0. The molecular formula is C33H26N6O4. The maximum absolute atomic E-state index is 12.4. The lowest BCUT2D eigenvalue weighted by atomic mass is 9.99. The van der Waals surface area contributed by atoms with Crippen LogP contribution in [0.15, 0.2) is 120 Å². The fraction of sp³-hybridized carbons (Fsp3) is 0.0606. The number of urea groups is 1. The summed E-state index contributed by atoms with van der Waals surface area (Å²) in [5, 5.41) is 20.6. The Balaban J connectivity index is 1.14. The van der Waals surface area contributed by atoms with Crippen LogP contribution in [0.4, 0.5) is 27.7 Å². The van der Waals surface area contributed by atoms with E-state index in [-0.39, 0.29) is 5.69 Å². The quantitative estimate of drug-likeness (QED) is 0.119. The molecule has 0 fully saturated rings. The van der Waals surface area contributed by atoms with Crippen molar-refractivity contribution in [3.05, 3.63) is 131 Å². The Hall–Kier alpha value is -6.03. The van der Waals surface area contributed by atoms with Gasteiger partial charge in [-0.15, -0.1) is 0 Å². The predicted octanol–water partition coefficient (Wildman–Crippen LogP) is 7.76. The average molecular weight is 571 g/mol. The molecule has 43 heavy (non-hydrogen) atoms. The average Bonchev–Trinajstić information content (AvgIpc) is 3.43. The molecule has 10 nitrogen and oxygen atoms in total. The van der Waals surface area contributed by atoms with Crippen LogP contribution in [-0.2, 0) is 6.42 Å². The minimum absolute atomic E-state index is 0.0980. The van der Waals surface area contributed by atoms with Crippen LogP contribution in [-0.4, -0.2) is 27.5 Å². The highest BCUT2D eigenvalue weighted by atomic mass is 16.6. The van der Waals surface area contributed by atoms with Crippen molar-refractivity contribution in [1.29, 1.82) is 0 Å². The van der Waals surface area contributed by atoms with Crippen LogP contribution in [0.1, 0.15) is 5.56 Å². The molecule has 0 aliphatic heterocycles. The Bertz CT molecular complexity index is 1890. The molecule has 0 bridgehead atoms. The maximum atomic E-state index is 12.4. The number of fused-ring (bicyclic) bond motifs is 1. The van der Waals surface area contributed by atoms with Gasteiger partial charge in [0, 0.05) is 41.2 Å². The van der Waals surface area contributed by atoms with Crippen LogP contribution >= 0.6 is 0 Å². The topological polar surface area (TPSA) is 135 Å². The zero-order valence-corrected chi connectivity index (χ0v) is 22.9. The number of anilines is 3. The van der Waals surface area contributed by atoms with Gasteiger partial charge in [0.15, 0.2) is 0 Å². The molecule has 6 aromatic rings. The minimum Gasteiger partial charge on any atom is -0.437 e. The molecule has 0 aliphatic rings. The molecule has 0 spiro atoms. The van der Waals surface area contributed by atoms with Crippen molar-refractivity contribution in [3.63, 3.8) is 0 Å². The predicted molar refractivity (Wildman–Crippen MR) is 167 cm³/mol. The monoisotopic (exact) mass is 570 g/mol. The van der Waals surface area contributed by atoms with Crippen molar-refractivity contribution in [2.75, 3.05) is 22.5 Å². The van der Waals surface area contributed by atoms with Gasteiger partial charge in [0.25, 0.3) is 5.69 Å². The Labute approximate surface area is 246 Å². The number of nitrogens with zero attached hydrogens (tertiary/aromatic N) is 3. The van der Waals surface area contributed by atoms with Crippen molar-refractivity contribution < 1.29 is 14.1 Å². The standard InChI is InChI=1S/C33H26N6O4/c40-33(38-26-12-7-13-27(20-26)39(41)42)37-25-16-14-22(15-17-25)18-19-34-31-29-28(23-8-3-1-4-9-23)30(24-10-5-2-6-11-24)43-32(29)36-21-35-31/h1-17,20-21H,18-19H2,(H,34,35,36)(H2,37,38,40). The summed E-state index contributed by atoms with van der Waals surface area (Å²) in [6.07, 6.45) is 2.20. The fourth-order valence-electron chi connectivity index (χ4n) is 4.81. The smallest absolute Gasteiger partial charge is 0.323 e. The van der Waals surface area contributed by atoms with Crippen molar-refractivity contribution in [2.45, 2.75) is 6.42 Å². The number of nitrogens with one attached hydrogen (secondary N) is 3. The highest BCUT2D eigenvalue weighted by Gasteiger charge is 2.21. The molecule has 0 unspecified atom stereocenters. The highest BCUT2D eigenvalue weighted by molar-refractivity contribution is 6.05. The summed E-state index contributed by atoms with van der Waals surface area (Å²) in [4.78, 5) is 31.8. The lowest BCUT2D eigenvalue weighted by Crippen LogP contribution is -2.19. The SMILES string of the molecule is O=C(Nc1ccc(CCNc2ncnc3oc(-c4ccccc4)c(-c4ccccc4)c23)cc1)Nc1cccc([N+](=O)[O-])c1. The Kier molecular flexibility index (Phi) is 7.72. The second kappa shape index (κ2) is 12.2. The summed E-state index contributed by atoms with van der Waals surface area (Å²) in [5.41, 5.74) is 5.29. The largest absolute Gasteiger partial charge is 0.437 e. The second-order valence-electron chi connectivity index (χ2n) is 9.70. The summed E-state index contributed by atoms with van der Waals surface area (Å²) in [6.45, 7) is 0.603. The number of benzene rings is 4. The van der Waals surface area contributed by atoms with Crippen LogP contribution in [0.25, 0.3) is 33.6 Å². The molecule has 0 saturated carbocycles. The van der Waals surface area contributed by atoms with Gasteiger partial charge in [0.1, 0.15) is 17.9 Å². The van der Waals surface area contributed by atoms with E-state index in [4.69, 9.17) is 4.42 Å². The van der Waals surface area contributed by atoms with E-state index in [9.17, 15) is 14.9 Å². The van der Waals surface area contributed by atoms with E-state index in [1.165, 1.54) is 24.5 Å². The van der Waals surface area contributed by atoms with Crippen LogP contribution < -0.4 is 16.0 Å². The first-order chi connectivity index (χ1) is 21.0. The van der Waals surface area contributed by atoms with Gasteiger partial charge in [-0.1, -0.05) is 78.9 Å². The Morgan fingerprint density at radius 2 is 1.49 bits per heavy atom. The van der Waals surface area contributed by atoms with Crippen LogP contribution in [0.3, 0.4) is 0 Å². The molecule has 4 aromatic carbocycles. The van der Waals surface area contributed by atoms with Crippen molar-refractivity contribution in [1.82, 2.24) is 9.97 Å². The maximum Gasteiger partial charge on any atom is 0.323 e. The number of amides is 2. The molecular weight excluding hydrogens is 544 g/mol. The summed E-state index contributed by atoms with van der Waals surface area (Å²) < 4.78 is 6.28. The van der Waals surface area contributed by atoms with Crippen LogP contribution in [0.5, 0.6) is 0 Å². The first-order valence-electron chi connectivity index (χ1n) is 13.6. The number of hydrogen-bond acceptors (Lipinski definition) is 7. The third-order valence-electron chi connectivity index (χ3n) is 6.82. The van der Waals surface area contributed by atoms with Gasteiger partial charge in [-0.3, -0.25) is 10.1 Å². The molecule has 3 N–H and O–H groups in total. The molecule has 0 radical (unpaired) electrons. The number of carbonyl (C=O) groups excluding carboxylic acids is 1. The number of rotatable bonds is 9. The van der Waals surface area contributed by atoms with Gasteiger partial charge < -0.3 is 20.4 Å². The first kappa shape index (κ1) is 27.2.